The number of methoxy groups -OCH3 is 1. The van der Waals surface area contributed by atoms with Crippen LogP contribution < -0.4 is 5.32 Å². The van der Waals surface area contributed by atoms with Crippen LogP contribution in [0.1, 0.15) is 33.1 Å². The first-order valence-electron chi connectivity index (χ1n) is 5.61. The van der Waals surface area contributed by atoms with Crippen LogP contribution in [0.15, 0.2) is 0 Å². The molecular formula is C11H23NO2. The topological polar surface area (TPSA) is 30.5 Å². The summed E-state index contributed by atoms with van der Waals surface area (Å²) in [6, 6.07) is 0.413. The Kier molecular flexibility index (Phi) is 4.85. The lowest BCUT2D eigenvalue weighted by molar-refractivity contribution is -0.107. The van der Waals surface area contributed by atoms with Crippen LogP contribution in [0.2, 0.25) is 0 Å². The zero-order valence-corrected chi connectivity index (χ0v) is 9.64. The van der Waals surface area contributed by atoms with E-state index >= 15 is 0 Å². The highest BCUT2D eigenvalue weighted by Gasteiger charge is 2.37. The maximum Gasteiger partial charge on any atom is 0.0872 e. The summed E-state index contributed by atoms with van der Waals surface area (Å²) in [6.07, 6.45) is 3.17. The second-order valence-corrected chi connectivity index (χ2v) is 4.06. The van der Waals surface area contributed by atoms with Gasteiger partial charge >= 0.3 is 0 Å². The third-order valence-corrected chi connectivity index (χ3v) is 3.24. The minimum Gasteiger partial charge on any atom is -0.381 e. The van der Waals surface area contributed by atoms with Crippen molar-refractivity contribution < 1.29 is 9.47 Å². The van der Waals surface area contributed by atoms with Gasteiger partial charge in [-0.2, -0.15) is 0 Å². The normalized spacial score (nSPS) is 23.4. The standard InChI is InChI=1S/C11H23NO2/c1-4-7-12-10(2)11(13-3)5-8-14-9-6-11/h10,12H,4-9H2,1-3H3. The van der Waals surface area contributed by atoms with E-state index in [9.17, 15) is 0 Å². The van der Waals surface area contributed by atoms with Crippen molar-refractivity contribution in [3.63, 3.8) is 0 Å². The molecule has 1 atom stereocenters. The fraction of sp³-hybridized carbons (Fsp3) is 1.00. The van der Waals surface area contributed by atoms with Crippen LogP contribution in [-0.2, 0) is 9.47 Å². The molecule has 0 aromatic heterocycles. The van der Waals surface area contributed by atoms with E-state index in [1.165, 1.54) is 6.42 Å². The van der Waals surface area contributed by atoms with E-state index in [0.29, 0.717) is 6.04 Å². The molecule has 0 radical (unpaired) electrons. The smallest absolute Gasteiger partial charge is 0.0872 e. The van der Waals surface area contributed by atoms with Gasteiger partial charge in [0.2, 0.25) is 0 Å². The first kappa shape index (κ1) is 12.0. The molecule has 14 heavy (non-hydrogen) atoms. The Bertz CT molecular complexity index is 155. The lowest BCUT2D eigenvalue weighted by atomic mass is 9.87. The van der Waals surface area contributed by atoms with E-state index in [-0.39, 0.29) is 5.60 Å². The minimum atomic E-state index is -0.00653. The molecule has 0 spiro atoms. The molecule has 1 unspecified atom stereocenters. The summed E-state index contributed by atoms with van der Waals surface area (Å²) in [5, 5.41) is 3.51. The molecular weight excluding hydrogens is 178 g/mol. The van der Waals surface area contributed by atoms with E-state index in [0.717, 1.165) is 32.6 Å². The molecule has 3 nitrogen and oxygen atoms in total. The maximum absolute atomic E-state index is 5.70. The molecule has 0 bridgehead atoms. The highest BCUT2D eigenvalue weighted by Crippen LogP contribution is 2.28. The second kappa shape index (κ2) is 5.69. The van der Waals surface area contributed by atoms with E-state index in [1.807, 2.05) is 7.11 Å². The third-order valence-electron chi connectivity index (χ3n) is 3.24. The van der Waals surface area contributed by atoms with E-state index < -0.39 is 0 Å². The molecule has 84 valence electrons. The summed E-state index contributed by atoms with van der Waals surface area (Å²) in [6.45, 7) is 7.11. The molecule has 1 N–H and O–H groups in total. The number of ether oxygens (including phenoxy) is 2. The minimum absolute atomic E-state index is 0.00653. The van der Waals surface area contributed by atoms with Crippen molar-refractivity contribution >= 4 is 0 Å². The van der Waals surface area contributed by atoms with Crippen LogP contribution >= 0.6 is 0 Å². The average Bonchev–Trinajstić information content (AvgIpc) is 2.26. The van der Waals surface area contributed by atoms with Crippen LogP contribution in [0, 0.1) is 0 Å². The van der Waals surface area contributed by atoms with Crippen molar-refractivity contribution in [2.45, 2.75) is 44.8 Å². The molecule has 1 saturated heterocycles. The second-order valence-electron chi connectivity index (χ2n) is 4.06. The first-order chi connectivity index (χ1) is 6.75. The van der Waals surface area contributed by atoms with Crippen LogP contribution in [0.25, 0.3) is 0 Å². The summed E-state index contributed by atoms with van der Waals surface area (Å²) in [7, 11) is 1.81. The molecule has 0 aromatic carbocycles. The summed E-state index contributed by atoms with van der Waals surface area (Å²) in [5.41, 5.74) is -0.00653. The number of hydrogen-bond donors (Lipinski definition) is 1. The quantitative estimate of drug-likeness (QED) is 0.732. The monoisotopic (exact) mass is 201 g/mol. The Hall–Kier alpha value is -0.120. The molecule has 0 aliphatic carbocycles. The van der Waals surface area contributed by atoms with Crippen molar-refractivity contribution in [1.82, 2.24) is 5.32 Å². The van der Waals surface area contributed by atoms with Crippen molar-refractivity contribution in [3.8, 4) is 0 Å². The van der Waals surface area contributed by atoms with Crippen LogP contribution in [0.5, 0.6) is 0 Å². The molecule has 0 saturated carbocycles. The van der Waals surface area contributed by atoms with Crippen molar-refractivity contribution in [3.05, 3.63) is 0 Å². The Morgan fingerprint density at radius 2 is 2.07 bits per heavy atom. The Labute approximate surface area is 87.2 Å². The van der Waals surface area contributed by atoms with Gasteiger partial charge in [-0.25, -0.2) is 0 Å². The number of hydrogen-bond acceptors (Lipinski definition) is 3. The fourth-order valence-electron chi connectivity index (χ4n) is 2.08. The highest BCUT2D eigenvalue weighted by molar-refractivity contribution is 4.92. The van der Waals surface area contributed by atoms with Gasteiger partial charge in [-0.3, -0.25) is 0 Å². The lowest BCUT2D eigenvalue weighted by Crippen LogP contribution is -2.53. The highest BCUT2D eigenvalue weighted by atomic mass is 16.5. The molecule has 1 rings (SSSR count). The van der Waals surface area contributed by atoms with Gasteiger partial charge in [-0.15, -0.1) is 0 Å². The van der Waals surface area contributed by atoms with Gasteiger partial charge in [0.05, 0.1) is 5.60 Å². The van der Waals surface area contributed by atoms with Crippen LogP contribution in [-0.4, -0.2) is 38.5 Å². The van der Waals surface area contributed by atoms with Crippen molar-refractivity contribution in [2.24, 2.45) is 0 Å². The SMILES string of the molecule is CCCNC(C)C1(OC)CCOCC1. The van der Waals surface area contributed by atoms with Gasteiger partial charge in [0, 0.05) is 39.2 Å². The van der Waals surface area contributed by atoms with Gasteiger partial charge in [0.1, 0.15) is 0 Å². The molecule has 3 heteroatoms. The molecule has 1 aliphatic rings. The maximum atomic E-state index is 5.70. The predicted molar refractivity (Wildman–Crippen MR) is 57.5 cm³/mol. The summed E-state index contributed by atoms with van der Waals surface area (Å²) in [5.74, 6) is 0. The number of rotatable bonds is 5. The van der Waals surface area contributed by atoms with Crippen molar-refractivity contribution in [1.29, 1.82) is 0 Å². The Morgan fingerprint density at radius 3 is 2.57 bits per heavy atom. The van der Waals surface area contributed by atoms with Gasteiger partial charge in [-0.05, 0) is 19.9 Å². The lowest BCUT2D eigenvalue weighted by Gasteiger charge is -2.41. The van der Waals surface area contributed by atoms with E-state index in [1.54, 1.807) is 0 Å². The van der Waals surface area contributed by atoms with Gasteiger partial charge in [0.15, 0.2) is 0 Å². The summed E-state index contributed by atoms with van der Waals surface area (Å²) < 4.78 is 11.1. The van der Waals surface area contributed by atoms with Gasteiger partial charge in [0.25, 0.3) is 0 Å². The Balaban J connectivity index is 2.48. The largest absolute Gasteiger partial charge is 0.381 e. The zero-order chi connectivity index (χ0) is 10.4. The molecule has 1 aliphatic heterocycles. The molecule has 1 heterocycles. The molecule has 0 aromatic rings. The summed E-state index contributed by atoms with van der Waals surface area (Å²) in [4.78, 5) is 0. The van der Waals surface area contributed by atoms with E-state index in [2.05, 4.69) is 19.2 Å². The van der Waals surface area contributed by atoms with Gasteiger partial charge < -0.3 is 14.8 Å². The van der Waals surface area contributed by atoms with E-state index in [4.69, 9.17) is 9.47 Å². The fourth-order valence-corrected chi connectivity index (χ4v) is 2.08. The summed E-state index contributed by atoms with van der Waals surface area (Å²) >= 11 is 0. The average molecular weight is 201 g/mol. The zero-order valence-electron chi connectivity index (χ0n) is 9.64. The van der Waals surface area contributed by atoms with Crippen LogP contribution in [0.3, 0.4) is 0 Å². The first-order valence-corrected chi connectivity index (χ1v) is 5.61. The Morgan fingerprint density at radius 1 is 1.43 bits per heavy atom. The predicted octanol–water partition coefficient (Wildman–Crippen LogP) is 1.57. The molecule has 1 fully saturated rings. The van der Waals surface area contributed by atoms with Crippen molar-refractivity contribution in [2.75, 3.05) is 26.9 Å². The van der Waals surface area contributed by atoms with Gasteiger partial charge in [-0.1, -0.05) is 6.92 Å². The van der Waals surface area contributed by atoms with Crippen LogP contribution in [0.4, 0.5) is 0 Å². The third kappa shape index (κ3) is 2.69. The number of nitrogens with one attached hydrogen (secondary N) is 1. The molecule has 0 amide bonds.